The highest BCUT2D eigenvalue weighted by molar-refractivity contribution is 8.15. The predicted octanol–water partition coefficient (Wildman–Crippen LogP) is 2.84. The summed E-state index contributed by atoms with van der Waals surface area (Å²) in [6.07, 6.45) is 0.478. The third-order valence-corrected chi connectivity index (χ3v) is 4.56. The molecule has 0 unspecified atom stereocenters. The van der Waals surface area contributed by atoms with E-state index >= 15 is 0 Å². The Morgan fingerprint density at radius 2 is 1.75 bits per heavy atom. The fourth-order valence-electron chi connectivity index (χ4n) is 2.32. The molecule has 2 amide bonds. The van der Waals surface area contributed by atoms with E-state index in [1.165, 1.54) is 0 Å². The van der Waals surface area contributed by atoms with E-state index in [0.29, 0.717) is 17.7 Å². The lowest BCUT2D eigenvalue weighted by atomic mass is 10.1. The molecule has 0 aliphatic carbocycles. The molecule has 2 aromatic rings. The molecular formula is C18H15NO4S. The molecule has 1 saturated heterocycles. The number of Topliss-reactive ketones (excluding diaryl/α,β-unsaturated/α-hetero) is 1. The third-order valence-electron chi connectivity index (χ3n) is 3.58. The van der Waals surface area contributed by atoms with Crippen LogP contribution in [0.3, 0.4) is 0 Å². The van der Waals surface area contributed by atoms with Gasteiger partial charge in [-0.15, -0.1) is 0 Å². The van der Waals surface area contributed by atoms with Crippen LogP contribution in [0.15, 0.2) is 54.6 Å². The fourth-order valence-corrected chi connectivity index (χ4v) is 3.18. The zero-order valence-corrected chi connectivity index (χ0v) is 13.5. The van der Waals surface area contributed by atoms with Crippen LogP contribution in [-0.4, -0.2) is 28.8 Å². The summed E-state index contributed by atoms with van der Waals surface area (Å²) in [5, 5.41) is 1.58. The second kappa shape index (κ2) is 7.31. The number of hydrogen-bond donors (Lipinski definition) is 1. The van der Waals surface area contributed by atoms with Gasteiger partial charge in [-0.3, -0.25) is 19.7 Å². The zero-order chi connectivity index (χ0) is 16.9. The highest BCUT2D eigenvalue weighted by Crippen LogP contribution is 2.23. The zero-order valence-electron chi connectivity index (χ0n) is 12.7. The summed E-state index contributed by atoms with van der Waals surface area (Å²) in [6, 6.07) is 16.2. The number of hydrogen-bond acceptors (Lipinski definition) is 5. The molecule has 0 bridgehead atoms. The molecule has 24 heavy (non-hydrogen) atoms. The van der Waals surface area contributed by atoms with Crippen LogP contribution in [0, 0.1) is 0 Å². The number of benzene rings is 2. The molecule has 3 rings (SSSR count). The molecule has 1 aliphatic rings. The molecule has 1 aliphatic heterocycles. The summed E-state index contributed by atoms with van der Waals surface area (Å²) >= 11 is 1.01. The average Bonchev–Trinajstić information content (AvgIpc) is 2.92. The molecule has 1 atom stereocenters. The maximum atomic E-state index is 12.0. The Kier molecular flexibility index (Phi) is 4.96. The number of ether oxygens (including phenoxy) is 1. The number of thioether (sulfide) groups is 1. The normalized spacial score (nSPS) is 16.8. The van der Waals surface area contributed by atoms with Gasteiger partial charge in [0.05, 0.1) is 5.25 Å². The van der Waals surface area contributed by atoms with E-state index in [0.717, 1.165) is 17.3 Å². The van der Waals surface area contributed by atoms with E-state index in [1.807, 2.05) is 30.3 Å². The molecule has 0 radical (unpaired) electrons. The van der Waals surface area contributed by atoms with E-state index in [9.17, 15) is 14.4 Å². The predicted molar refractivity (Wildman–Crippen MR) is 91.3 cm³/mol. The number of amides is 2. The molecule has 5 nitrogen and oxygen atoms in total. The minimum Gasteiger partial charge on any atom is -0.485 e. The highest BCUT2D eigenvalue weighted by Gasteiger charge is 2.31. The first-order valence-electron chi connectivity index (χ1n) is 7.43. The Bertz CT molecular complexity index is 758. The minimum atomic E-state index is -0.385. The maximum absolute atomic E-state index is 12.0. The smallest absolute Gasteiger partial charge is 0.286 e. The quantitative estimate of drug-likeness (QED) is 0.818. The van der Waals surface area contributed by atoms with E-state index in [1.54, 1.807) is 24.3 Å². The summed E-state index contributed by atoms with van der Waals surface area (Å²) in [5.74, 6) is 0.249. The van der Waals surface area contributed by atoms with E-state index in [2.05, 4.69) is 5.32 Å². The number of imide groups is 1. The van der Waals surface area contributed by atoms with Crippen LogP contribution in [-0.2, 0) is 11.2 Å². The highest BCUT2D eigenvalue weighted by atomic mass is 32.2. The molecule has 2 aromatic carbocycles. The van der Waals surface area contributed by atoms with E-state index < -0.39 is 0 Å². The van der Waals surface area contributed by atoms with Crippen molar-refractivity contribution in [1.29, 1.82) is 0 Å². The lowest BCUT2D eigenvalue weighted by Gasteiger charge is -2.08. The monoisotopic (exact) mass is 341 g/mol. The summed E-state index contributed by atoms with van der Waals surface area (Å²) in [4.78, 5) is 34.7. The van der Waals surface area contributed by atoms with Crippen molar-refractivity contribution in [2.45, 2.75) is 11.7 Å². The molecule has 1 N–H and O–H groups in total. The molecule has 0 spiro atoms. The van der Waals surface area contributed by atoms with Gasteiger partial charge >= 0.3 is 0 Å². The van der Waals surface area contributed by atoms with Crippen molar-refractivity contribution in [1.82, 2.24) is 5.32 Å². The summed E-state index contributed by atoms with van der Waals surface area (Å²) < 4.78 is 5.50. The minimum absolute atomic E-state index is 0.0290. The molecule has 0 aromatic heterocycles. The largest absolute Gasteiger partial charge is 0.485 e. The van der Waals surface area contributed by atoms with Gasteiger partial charge in [-0.25, -0.2) is 0 Å². The number of nitrogens with one attached hydrogen (secondary N) is 1. The van der Waals surface area contributed by atoms with Gasteiger partial charge in [0.25, 0.3) is 5.24 Å². The topological polar surface area (TPSA) is 72.5 Å². The Morgan fingerprint density at radius 3 is 2.38 bits per heavy atom. The number of carbonyl (C=O) groups is 3. The molecule has 1 heterocycles. The summed E-state index contributed by atoms with van der Waals surface area (Å²) in [5.41, 5.74) is 1.54. The van der Waals surface area contributed by atoms with Crippen LogP contribution in [0.25, 0.3) is 0 Å². The second-order valence-electron chi connectivity index (χ2n) is 5.31. The van der Waals surface area contributed by atoms with Crippen LogP contribution in [0.2, 0.25) is 0 Å². The van der Waals surface area contributed by atoms with Gasteiger partial charge in [0, 0.05) is 5.56 Å². The summed E-state index contributed by atoms with van der Waals surface area (Å²) in [6.45, 7) is -0.0290. The van der Waals surface area contributed by atoms with Crippen LogP contribution in [0.5, 0.6) is 5.75 Å². The van der Waals surface area contributed by atoms with Gasteiger partial charge in [-0.05, 0) is 24.1 Å². The first kappa shape index (κ1) is 16.3. The lowest BCUT2D eigenvalue weighted by Crippen LogP contribution is -2.25. The van der Waals surface area contributed by atoms with Crippen molar-refractivity contribution in [3.63, 3.8) is 0 Å². The molecule has 1 fully saturated rings. The van der Waals surface area contributed by atoms with Gasteiger partial charge in [-0.1, -0.05) is 54.2 Å². The first-order valence-corrected chi connectivity index (χ1v) is 8.31. The molecule has 0 saturated carbocycles. The third kappa shape index (κ3) is 4.02. The van der Waals surface area contributed by atoms with Crippen molar-refractivity contribution in [2.24, 2.45) is 0 Å². The van der Waals surface area contributed by atoms with E-state index in [-0.39, 0.29) is 28.8 Å². The van der Waals surface area contributed by atoms with Crippen LogP contribution < -0.4 is 10.1 Å². The molecule has 6 heteroatoms. The fraction of sp³-hybridized carbons (Fsp3) is 0.167. The van der Waals surface area contributed by atoms with Crippen LogP contribution in [0.1, 0.15) is 15.9 Å². The summed E-state index contributed by atoms with van der Waals surface area (Å²) in [7, 11) is 0. The van der Waals surface area contributed by atoms with Crippen molar-refractivity contribution in [3.8, 4) is 5.75 Å². The lowest BCUT2D eigenvalue weighted by molar-refractivity contribution is -0.118. The maximum Gasteiger partial charge on any atom is 0.286 e. The number of carbonyl (C=O) groups excluding carboxylic acids is 3. The van der Waals surface area contributed by atoms with Gasteiger partial charge in [0.2, 0.25) is 5.91 Å². The van der Waals surface area contributed by atoms with Gasteiger partial charge in [0.1, 0.15) is 5.75 Å². The number of rotatable bonds is 6. The SMILES string of the molecule is O=C1NC(=O)[C@@H](Cc2ccc(OCC(=O)c3ccccc3)cc2)S1. The van der Waals surface area contributed by atoms with Crippen molar-refractivity contribution < 1.29 is 19.1 Å². The molecule has 122 valence electrons. The van der Waals surface area contributed by atoms with Crippen molar-refractivity contribution in [3.05, 3.63) is 65.7 Å². The Hall–Kier alpha value is -2.60. The average molecular weight is 341 g/mol. The Labute approximate surface area is 143 Å². The Morgan fingerprint density at radius 1 is 1.04 bits per heavy atom. The molecular weight excluding hydrogens is 326 g/mol. The first-order chi connectivity index (χ1) is 11.6. The Balaban J connectivity index is 1.54. The number of ketones is 1. The van der Waals surface area contributed by atoms with Gasteiger partial charge < -0.3 is 4.74 Å². The van der Waals surface area contributed by atoms with Crippen LogP contribution in [0.4, 0.5) is 4.79 Å². The van der Waals surface area contributed by atoms with Gasteiger partial charge in [0.15, 0.2) is 12.4 Å². The van der Waals surface area contributed by atoms with Crippen LogP contribution >= 0.6 is 11.8 Å². The van der Waals surface area contributed by atoms with Crippen molar-refractivity contribution >= 4 is 28.7 Å². The van der Waals surface area contributed by atoms with Crippen molar-refractivity contribution in [2.75, 3.05) is 6.61 Å². The second-order valence-corrected chi connectivity index (χ2v) is 6.48. The van der Waals surface area contributed by atoms with E-state index in [4.69, 9.17) is 4.74 Å². The van der Waals surface area contributed by atoms with Gasteiger partial charge in [-0.2, -0.15) is 0 Å². The standard InChI is InChI=1S/C18H15NO4S/c20-15(13-4-2-1-3-5-13)11-23-14-8-6-12(7-9-14)10-16-17(21)19-18(22)24-16/h1-9,16H,10-11H2,(H,19,21,22)/t16-/m1/s1.